The van der Waals surface area contributed by atoms with Crippen molar-refractivity contribution in [3.8, 4) is 11.3 Å². The number of aromatic nitrogens is 1. The van der Waals surface area contributed by atoms with Crippen molar-refractivity contribution in [2.45, 2.75) is 12.1 Å². The number of anilines is 2. The van der Waals surface area contributed by atoms with Crippen molar-refractivity contribution in [3.63, 3.8) is 0 Å². The zero-order valence-corrected chi connectivity index (χ0v) is 22.4. The van der Waals surface area contributed by atoms with Gasteiger partial charge in [-0.05, 0) is 78.9 Å². The zero-order valence-electron chi connectivity index (χ0n) is 20.8. The molecule has 0 bridgehead atoms. The Morgan fingerprint density at radius 3 is 2.51 bits per heavy atom. The van der Waals surface area contributed by atoms with Crippen LogP contribution in [0.25, 0.3) is 11.3 Å². The number of nitrogens with zero attached hydrogens (tertiary/aromatic N) is 3. The molecule has 198 valence electrons. The average Bonchev–Trinajstić information content (AvgIpc) is 3.59. The predicted molar refractivity (Wildman–Crippen MR) is 154 cm³/mol. The summed E-state index contributed by atoms with van der Waals surface area (Å²) in [5.74, 6) is 0.0762. The molecule has 0 aliphatic carbocycles. The molecule has 4 heterocycles. The summed E-state index contributed by atoms with van der Waals surface area (Å²) >= 11 is 12.3. The normalized spacial score (nSPS) is 19.3. The SMILES string of the molecule is O=C(O)c1ccc(Cl)c(-c2ccc([C@H]3[C@@H](c4ccccn4)NC(=S)N3c3ccc(N4CCOCC4)cc3)o2)c1. The van der Waals surface area contributed by atoms with Gasteiger partial charge in [0, 0.05) is 36.2 Å². The maximum Gasteiger partial charge on any atom is 0.335 e. The van der Waals surface area contributed by atoms with Gasteiger partial charge in [0.15, 0.2) is 5.11 Å². The van der Waals surface area contributed by atoms with Crippen molar-refractivity contribution in [2.75, 3.05) is 36.1 Å². The van der Waals surface area contributed by atoms with Crippen LogP contribution in [0.1, 0.15) is 33.9 Å². The summed E-state index contributed by atoms with van der Waals surface area (Å²) in [5.41, 5.74) is 3.50. The number of carboxylic acids is 1. The lowest BCUT2D eigenvalue weighted by atomic mass is 10.0. The predicted octanol–water partition coefficient (Wildman–Crippen LogP) is 5.71. The van der Waals surface area contributed by atoms with E-state index < -0.39 is 5.97 Å². The Labute approximate surface area is 235 Å². The van der Waals surface area contributed by atoms with E-state index in [0.29, 0.717) is 27.2 Å². The van der Waals surface area contributed by atoms with Gasteiger partial charge < -0.3 is 29.4 Å². The van der Waals surface area contributed by atoms with Crippen LogP contribution in [0.3, 0.4) is 0 Å². The summed E-state index contributed by atoms with van der Waals surface area (Å²) in [5, 5.41) is 13.8. The summed E-state index contributed by atoms with van der Waals surface area (Å²) in [6.07, 6.45) is 1.75. The molecule has 2 aliphatic heterocycles. The lowest BCUT2D eigenvalue weighted by molar-refractivity contribution is 0.0697. The van der Waals surface area contributed by atoms with Crippen molar-refractivity contribution in [2.24, 2.45) is 0 Å². The Morgan fingerprint density at radius 2 is 1.79 bits per heavy atom. The van der Waals surface area contributed by atoms with Gasteiger partial charge in [-0.2, -0.15) is 0 Å². The number of carbonyl (C=O) groups is 1. The molecular weight excluding hydrogens is 536 g/mol. The van der Waals surface area contributed by atoms with E-state index in [1.165, 1.54) is 12.1 Å². The number of morpholine rings is 1. The first-order valence-electron chi connectivity index (χ1n) is 12.6. The van der Waals surface area contributed by atoms with Crippen molar-refractivity contribution >= 4 is 46.3 Å². The molecule has 0 radical (unpaired) electrons. The lowest BCUT2D eigenvalue weighted by Crippen LogP contribution is -2.36. The van der Waals surface area contributed by atoms with Crippen LogP contribution >= 0.6 is 23.8 Å². The number of benzene rings is 2. The smallest absolute Gasteiger partial charge is 0.335 e. The van der Waals surface area contributed by atoms with E-state index in [4.69, 9.17) is 33.0 Å². The van der Waals surface area contributed by atoms with Gasteiger partial charge in [-0.15, -0.1) is 0 Å². The topological polar surface area (TPSA) is 91.1 Å². The van der Waals surface area contributed by atoms with Gasteiger partial charge >= 0.3 is 5.97 Å². The number of nitrogens with one attached hydrogen (secondary N) is 1. The first-order chi connectivity index (χ1) is 19.0. The van der Waals surface area contributed by atoms with Gasteiger partial charge in [-0.1, -0.05) is 17.7 Å². The quantitative estimate of drug-likeness (QED) is 0.288. The Hall–Kier alpha value is -3.92. The Balaban J connectivity index is 1.39. The highest BCUT2D eigenvalue weighted by Crippen LogP contribution is 2.43. The zero-order chi connectivity index (χ0) is 26.9. The van der Waals surface area contributed by atoms with E-state index in [-0.39, 0.29) is 17.6 Å². The monoisotopic (exact) mass is 560 g/mol. The number of halogens is 1. The fourth-order valence-electron chi connectivity index (χ4n) is 5.07. The molecular formula is C29H25ClN4O4S. The highest BCUT2D eigenvalue weighted by atomic mass is 35.5. The highest BCUT2D eigenvalue weighted by molar-refractivity contribution is 7.80. The van der Waals surface area contributed by atoms with Gasteiger partial charge in [0.05, 0.1) is 35.5 Å². The molecule has 2 saturated heterocycles. The summed E-state index contributed by atoms with van der Waals surface area (Å²) in [7, 11) is 0. The molecule has 0 unspecified atom stereocenters. The van der Waals surface area contributed by atoms with Gasteiger partial charge in [0.1, 0.15) is 17.6 Å². The van der Waals surface area contributed by atoms with E-state index in [0.717, 1.165) is 43.4 Å². The second-order valence-corrected chi connectivity index (χ2v) is 10.1. The number of carboxylic acid groups (broad SMARTS) is 1. The third-order valence-electron chi connectivity index (χ3n) is 7.00. The van der Waals surface area contributed by atoms with Crippen LogP contribution in [0.15, 0.2) is 83.4 Å². The number of thiocarbonyl (C=S) groups is 1. The maximum absolute atomic E-state index is 11.6. The largest absolute Gasteiger partial charge is 0.478 e. The minimum Gasteiger partial charge on any atom is -0.478 e. The number of hydrogen-bond donors (Lipinski definition) is 2. The first-order valence-corrected chi connectivity index (χ1v) is 13.3. The number of pyridine rings is 1. The van der Waals surface area contributed by atoms with Crippen molar-refractivity contribution < 1.29 is 19.1 Å². The minimum atomic E-state index is -1.04. The van der Waals surface area contributed by atoms with Gasteiger partial charge in [0.25, 0.3) is 0 Å². The van der Waals surface area contributed by atoms with E-state index in [1.54, 1.807) is 18.3 Å². The van der Waals surface area contributed by atoms with E-state index in [1.807, 2.05) is 29.2 Å². The second kappa shape index (κ2) is 10.7. The fourth-order valence-corrected chi connectivity index (χ4v) is 5.63. The minimum absolute atomic E-state index is 0.129. The van der Waals surface area contributed by atoms with Gasteiger partial charge in [0.2, 0.25) is 0 Å². The summed E-state index contributed by atoms with van der Waals surface area (Å²) in [6.45, 7) is 3.15. The van der Waals surface area contributed by atoms with Crippen LogP contribution in [-0.2, 0) is 4.74 Å². The fraction of sp³-hybridized carbons (Fsp3) is 0.207. The Kier molecular flexibility index (Phi) is 6.95. The van der Waals surface area contributed by atoms with Crippen molar-refractivity contribution in [3.05, 3.63) is 101 Å². The van der Waals surface area contributed by atoms with Crippen LogP contribution in [0.4, 0.5) is 11.4 Å². The van der Waals surface area contributed by atoms with Crippen LogP contribution in [0.5, 0.6) is 0 Å². The number of rotatable bonds is 6. The van der Waals surface area contributed by atoms with Crippen molar-refractivity contribution in [1.82, 2.24) is 10.3 Å². The number of furan rings is 1. The lowest BCUT2D eigenvalue weighted by Gasteiger charge is -2.30. The number of hydrogen-bond acceptors (Lipinski definition) is 6. The molecule has 4 aromatic rings. The van der Waals surface area contributed by atoms with E-state index >= 15 is 0 Å². The molecule has 0 saturated carbocycles. The molecule has 2 aliphatic rings. The van der Waals surface area contributed by atoms with E-state index in [2.05, 4.69) is 39.5 Å². The molecule has 2 N–H and O–H groups in total. The Bertz CT molecular complexity index is 1510. The third kappa shape index (κ3) is 4.96. The number of ether oxygens (including phenoxy) is 1. The molecule has 39 heavy (non-hydrogen) atoms. The van der Waals surface area contributed by atoms with Crippen LogP contribution in [-0.4, -0.2) is 47.5 Å². The molecule has 0 amide bonds. The van der Waals surface area contributed by atoms with Crippen LogP contribution in [0, 0.1) is 0 Å². The summed E-state index contributed by atoms with van der Waals surface area (Å²) in [6, 6.07) is 21.7. The van der Waals surface area contributed by atoms with Crippen molar-refractivity contribution in [1.29, 1.82) is 0 Å². The summed E-state index contributed by atoms with van der Waals surface area (Å²) in [4.78, 5) is 20.5. The van der Waals surface area contributed by atoms with Crippen LogP contribution < -0.4 is 15.1 Å². The molecule has 10 heteroatoms. The summed E-state index contributed by atoms with van der Waals surface area (Å²) < 4.78 is 11.9. The molecule has 2 aromatic carbocycles. The molecule has 2 atom stereocenters. The molecule has 8 nitrogen and oxygen atoms in total. The molecule has 0 spiro atoms. The third-order valence-corrected chi connectivity index (χ3v) is 7.64. The van der Waals surface area contributed by atoms with Gasteiger partial charge in [-0.25, -0.2) is 4.79 Å². The van der Waals surface area contributed by atoms with E-state index in [9.17, 15) is 9.90 Å². The molecule has 2 aromatic heterocycles. The molecule has 6 rings (SSSR count). The first kappa shape index (κ1) is 25.4. The Morgan fingerprint density at radius 1 is 1.03 bits per heavy atom. The second-order valence-electron chi connectivity index (χ2n) is 9.31. The molecule has 2 fully saturated rings. The standard InChI is InChI=1S/C29H25ClN4O4S/c30-22-9-4-18(28(35)36)17-21(22)24-10-11-25(38-24)27-26(23-3-1-2-12-31-23)32-29(39)34(27)20-7-5-19(6-8-20)33-13-15-37-16-14-33/h1-12,17,26-27H,13-16H2,(H,32,39)(H,35,36)/t26-,27+/m1/s1. The average molecular weight is 561 g/mol. The number of aromatic carboxylic acids is 1. The van der Waals surface area contributed by atoms with Crippen LogP contribution in [0.2, 0.25) is 5.02 Å². The van der Waals surface area contributed by atoms with Gasteiger partial charge in [-0.3, -0.25) is 4.98 Å². The maximum atomic E-state index is 11.6. The highest BCUT2D eigenvalue weighted by Gasteiger charge is 2.42.